The maximum atomic E-state index is 12.5. The minimum atomic E-state index is -1.92. The average molecular weight is 527 g/mol. The zero-order chi connectivity index (χ0) is 20.9. The number of carbonyl (C=O) groups is 1. The van der Waals surface area contributed by atoms with Gasteiger partial charge in [-0.1, -0.05) is 46.9 Å². The van der Waals surface area contributed by atoms with Crippen LogP contribution in [-0.2, 0) is 0 Å². The molecule has 28 heavy (non-hydrogen) atoms. The van der Waals surface area contributed by atoms with Crippen molar-refractivity contribution in [2.24, 2.45) is 0 Å². The van der Waals surface area contributed by atoms with Crippen molar-refractivity contribution in [3.8, 4) is 0 Å². The second-order valence-corrected chi connectivity index (χ2v) is 8.96. The predicted molar refractivity (Wildman–Crippen MR) is 118 cm³/mol. The number of non-ortho nitro benzene ring substituents is 1. The summed E-state index contributed by atoms with van der Waals surface area (Å²) in [7, 11) is 0. The van der Waals surface area contributed by atoms with E-state index in [4.69, 9.17) is 47.0 Å². The van der Waals surface area contributed by atoms with Crippen molar-refractivity contribution in [1.29, 1.82) is 0 Å². The maximum absolute atomic E-state index is 12.5. The summed E-state index contributed by atoms with van der Waals surface area (Å²) in [5, 5.41) is 18.8. The van der Waals surface area contributed by atoms with Gasteiger partial charge in [0.05, 0.1) is 10.5 Å². The molecule has 2 aromatic rings. The number of hydrogen-bond acceptors (Lipinski definition) is 4. The third-order valence-electron chi connectivity index (χ3n) is 3.33. The Morgan fingerprint density at radius 2 is 1.71 bits per heavy atom. The first-order valence-corrected chi connectivity index (χ1v) is 9.85. The van der Waals surface area contributed by atoms with Crippen LogP contribution in [0.3, 0.4) is 0 Å². The topological polar surface area (TPSA) is 96.3 Å². The number of halogens is 4. The lowest BCUT2D eigenvalue weighted by atomic mass is 10.2. The van der Waals surface area contributed by atoms with Gasteiger partial charge in [-0.05, 0) is 52.4 Å². The molecule has 0 aliphatic rings. The fraction of sp³-hybridized carbons (Fsp3) is 0.125. The number of nitrogens with zero attached hydrogens (tertiary/aromatic N) is 1. The number of anilines is 1. The highest BCUT2D eigenvalue weighted by Crippen LogP contribution is 2.29. The van der Waals surface area contributed by atoms with E-state index in [1.54, 1.807) is 24.3 Å². The molecule has 0 aliphatic carbocycles. The molecule has 7 nitrogen and oxygen atoms in total. The van der Waals surface area contributed by atoms with Gasteiger partial charge in [0.1, 0.15) is 6.17 Å². The number of nitrogens with one attached hydrogen (secondary N) is 3. The largest absolute Gasteiger partial charge is 0.339 e. The highest BCUT2D eigenvalue weighted by molar-refractivity contribution is 9.10. The lowest BCUT2D eigenvalue weighted by molar-refractivity contribution is -0.384. The molecule has 0 saturated carbocycles. The van der Waals surface area contributed by atoms with E-state index in [1.807, 2.05) is 0 Å². The van der Waals surface area contributed by atoms with Crippen LogP contribution >= 0.6 is 63.0 Å². The molecule has 148 valence electrons. The number of nitro groups is 1. The van der Waals surface area contributed by atoms with E-state index in [-0.39, 0.29) is 10.8 Å². The van der Waals surface area contributed by atoms with Gasteiger partial charge in [-0.15, -0.1) is 0 Å². The van der Waals surface area contributed by atoms with E-state index >= 15 is 0 Å². The van der Waals surface area contributed by atoms with Gasteiger partial charge in [0, 0.05) is 22.3 Å². The van der Waals surface area contributed by atoms with Crippen LogP contribution in [0.2, 0.25) is 0 Å². The van der Waals surface area contributed by atoms with Crippen LogP contribution in [0.5, 0.6) is 0 Å². The number of amides is 1. The molecule has 0 bridgehead atoms. The Hall–Kier alpha value is -1.65. The normalized spacial score (nSPS) is 12.0. The second kappa shape index (κ2) is 9.71. The fourth-order valence-electron chi connectivity index (χ4n) is 2.02. The van der Waals surface area contributed by atoms with Gasteiger partial charge in [0.2, 0.25) is 3.79 Å². The Morgan fingerprint density at radius 1 is 1.11 bits per heavy atom. The summed E-state index contributed by atoms with van der Waals surface area (Å²) in [5.41, 5.74) is 0.755. The van der Waals surface area contributed by atoms with E-state index < -0.39 is 20.8 Å². The first-order valence-electron chi connectivity index (χ1n) is 7.52. The van der Waals surface area contributed by atoms with Gasteiger partial charge in [0.25, 0.3) is 11.6 Å². The zero-order valence-electron chi connectivity index (χ0n) is 13.8. The molecule has 2 rings (SSSR count). The van der Waals surface area contributed by atoms with Crippen LogP contribution in [0, 0.1) is 10.1 Å². The van der Waals surface area contributed by atoms with E-state index in [0.717, 1.165) is 0 Å². The number of carbonyl (C=O) groups excluding carboxylic acids is 1. The third-order valence-corrected chi connectivity index (χ3v) is 4.90. The molecule has 0 aliphatic heterocycles. The molecule has 1 unspecified atom stereocenters. The van der Waals surface area contributed by atoms with Crippen LogP contribution in [0.1, 0.15) is 10.4 Å². The Bertz CT molecular complexity index is 893. The van der Waals surface area contributed by atoms with Gasteiger partial charge in [-0.3, -0.25) is 14.9 Å². The fourth-order valence-corrected chi connectivity index (χ4v) is 3.05. The molecule has 12 heteroatoms. The van der Waals surface area contributed by atoms with Crippen molar-refractivity contribution < 1.29 is 9.72 Å². The Kier molecular flexibility index (Phi) is 7.85. The van der Waals surface area contributed by atoms with Gasteiger partial charge >= 0.3 is 0 Å². The van der Waals surface area contributed by atoms with Crippen LogP contribution in [0.25, 0.3) is 0 Å². The van der Waals surface area contributed by atoms with Crippen LogP contribution in [0.15, 0.2) is 53.0 Å². The molecule has 1 amide bonds. The summed E-state index contributed by atoms with van der Waals surface area (Å²) in [6, 6.07) is 12.3. The maximum Gasteiger partial charge on any atom is 0.269 e. The van der Waals surface area contributed by atoms with Crippen LogP contribution in [0.4, 0.5) is 11.4 Å². The standard InChI is InChI=1S/C16H12BrCl3N4O3S/c17-12-4-2-1-3-11(12)13(25)22-14(16(18,19)20)23-15(28)21-9-5-7-10(8-6-9)24(26)27/h1-8,14H,(H,22,25)(H2,21,23,28). The van der Waals surface area contributed by atoms with Gasteiger partial charge in [-0.25, -0.2) is 0 Å². The van der Waals surface area contributed by atoms with Crippen molar-refractivity contribution in [2.75, 3.05) is 5.32 Å². The minimum Gasteiger partial charge on any atom is -0.339 e. The van der Waals surface area contributed by atoms with Crippen molar-refractivity contribution in [1.82, 2.24) is 10.6 Å². The molecule has 3 N–H and O–H groups in total. The van der Waals surface area contributed by atoms with Crippen molar-refractivity contribution in [3.63, 3.8) is 0 Å². The van der Waals surface area contributed by atoms with Crippen molar-refractivity contribution >= 4 is 85.3 Å². The summed E-state index contributed by atoms with van der Waals surface area (Å²) < 4.78 is -1.35. The summed E-state index contributed by atoms with van der Waals surface area (Å²) in [4.78, 5) is 22.7. The van der Waals surface area contributed by atoms with Crippen LogP contribution < -0.4 is 16.0 Å². The minimum absolute atomic E-state index is 0.0394. The lowest BCUT2D eigenvalue weighted by Gasteiger charge is -2.28. The Labute approximate surface area is 189 Å². The Balaban J connectivity index is 2.07. The molecule has 0 heterocycles. The SMILES string of the molecule is O=C(NC(NC(=S)Nc1ccc([N+](=O)[O-])cc1)C(Cl)(Cl)Cl)c1ccccc1Br. The smallest absolute Gasteiger partial charge is 0.269 e. The molecule has 0 radical (unpaired) electrons. The van der Waals surface area contributed by atoms with Gasteiger partial charge in [0.15, 0.2) is 5.11 Å². The quantitative estimate of drug-likeness (QED) is 0.171. The molecule has 0 aromatic heterocycles. The number of thiocarbonyl (C=S) groups is 1. The van der Waals surface area contributed by atoms with E-state index in [2.05, 4.69) is 31.9 Å². The first kappa shape index (κ1) is 22.6. The van der Waals surface area contributed by atoms with E-state index in [1.165, 1.54) is 24.3 Å². The highest BCUT2D eigenvalue weighted by atomic mass is 79.9. The molecular formula is C16H12BrCl3N4O3S. The summed E-state index contributed by atoms with van der Waals surface area (Å²) in [6.45, 7) is 0. The monoisotopic (exact) mass is 524 g/mol. The Morgan fingerprint density at radius 3 is 2.25 bits per heavy atom. The number of hydrogen-bond donors (Lipinski definition) is 3. The lowest BCUT2D eigenvalue weighted by Crippen LogP contribution is -2.56. The average Bonchev–Trinajstić information content (AvgIpc) is 2.61. The predicted octanol–water partition coefficient (Wildman–Crippen LogP) is 4.77. The highest BCUT2D eigenvalue weighted by Gasteiger charge is 2.35. The van der Waals surface area contributed by atoms with Crippen molar-refractivity contribution in [3.05, 3.63) is 68.7 Å². The molecule has 0 saturated heterocycles. The molecule has 0 spiro atoms. The van der Waals surface area contributed by atoms with Crippen molar-refractivity contribution in [2.45, 2.75) is 9.96 Å². The number of nitro benzene ring substituents is 1. The molecule has 1 atom stereocenters. The third kappa shape index (κ3) is 6.46. The summed E-state index contributed by atoms with van der Waals surface area (Å²) in [5.74, 6) is -0.491. The number of alkyl halides is 3. The first-order chi connectivity index (χ1) is 13.1. The summed E-state index contributed by atoms with van der Waals surface area (Å²) in [6.07, 6.45) is -1.16. The van der Waals surface area contributed by atoms with Crippen LogP contribution in [-0.4, -0.2) is 25.9 Å². The second-order valence-electron chi connectivity index (χ2n) is 5.33. The summed E-state index contributed by atoms with van der Waals surface area (Å²) >= 11 is 26.3. The number of rotatable bonds is 5. The molecule has 0 fully saturated rings. The van der Waals surface area contributed by atoms with E-state index in [0.29, 0.717) is 15.7 Å². The molecule has 2 aromatic carbocycles. The molecular weight excluding hydrogens is 515 g/mol. The number of benzene rings is 2. The van der Waals surface area contributed by atoms with Gasteiger partial charge < -0.3 is 16.0 Å². The van der Waals surface area contributed by atoms with Gasteiger partial charge in [-0.2, -0.15) is 0 Å². The van der Waals surface area contributed by atoms with E-state index in [9.17, 15) is 14.9 Å². The zero-order valence-corrected chi connectivity index (χ0v) is 18.5.